The Morgan fingerprint density at radius 2 is 1.91 bits per heavy atom. The summed E-state index contributed by atoms with van der Waals surface area (Å²) in [5.41, 5.74) is 3.11. The fourth-order valence-electron chi connectivity index (χ4n) is 2.83. The maximum absolute atomic E-state index is 12.8. The van der Waals surface area contributed by atoms with Crippen molar-refractivity contribution in [3.8, 4) is 6.07 Å². The summed E-state index contributed by atoms with van der Waals surface area (Å²) in [6, 6.07) is 13.3. The molecule has 1 aromatic carbocycles. The quantitative estimate of drug-likeness (QED) is 0.864. The summed E-state index contributed by atoms with van der Waals surface area (Å²) in [6.07, 6.45) is 1.43. The molecule has 0 saturated heterocycles. The highest BCUT2D eigenvalue weighted by molar-refractivity contribution is 5.92. The van der Waals surface area contributed by atoms with Crippen molar-refractivity contribution in [2.75, 3.05) is 7.05 Å². The predicted octanol–water partition coefficient (Wildman–Crippen LogP) is 3.73. The summed E-state index contributed by atoms with van der Waals surface area (Å²) < 4.78 is 0. The molecule has 0 N–H and O–H groups in total. The number of hydrogen-bond acceptors (Lipinski definition) is 3. The van der Waals surface area contributed by atoms with E-state index in [0.29, 0.717) is 11.3 Å². The Balaban J connectivity index is 2.34. The first-order valence-electron chi connectivity index (χ1n) is 7.64. The van der Waals surface area contributed by atoms with Gasteiger partial charge in [-0.1, -0.05) is 38.1 Å². The highest BCUT2D eigenvalue weighted by Crippen LogP contribution is 2.30. The highest BCUT2D eigenvalue weighted by Gasteiger charge is 2.27. The first-order valence-corrected chi connectivity index (χ1v) is 7.64. The number of nitrogens with zero attached hydrogens (tertiary/aromatic N) is 3. The third kappa shape index (κ3) is 3.57. The summed E-state index contributed by atoms with van der Waals surface area (Å²) in [4.78, 5) is 18.6. The molecule has 1 amide bonds. The van der Waals surface area contributed by atoms with E-state index in [0.717, 1.165) is 5.56 Å². The molecule has 0 fully saturated rings. The minimum atomic E-state index is -0.142. The molecule has 1 atom stereocenters. The predicted molar refractivity (Wildman–Crippen MR) is 89.8 cm³/mol. The highest BCUT2D eigenvalue weighted by atomic mass is 16.2. The average molecular weight is 307 g/mol. The molecular weight excluding hydrogens is 286 g/mol. The molecule has 4 heteroatoms. The van der Waals surface area contributed by atoms with Crippen LogP contribution < -0.4 is 0 Å². The molecule has 0 saturated carbocycles. The molecule has 0 aliphatic rings. The van der Waals surface area contributed by atoms with E-state index in [2.05, 4.69) is 37.9 Å². The monoisotopic (exact) mass is 307 g/mol. The van der Waals surface area contributed by atoms with Crippen molar-refractivity contribution in [3.63, 3.8) is 0 Å². The van der Waals surface area contributed by atoms with E-state index < -0.39 is 0 Å². The van der Waals surface area contributed by atoms with E-state index in [4.69, 9.17) is 5.26 Å². The van der Waals surface area contributed by atoms with Crippen molar-refractivity contribution in [2.45, 2.75) is 26.8 Å². The van der Waals surface area contributed by atoms with Crippen LogP contribution >= 0.6 is 0 Å². The van der Waals surface area contributed by atoms with Gasteiger partial charge in [0.05, 0.1) is 11.6 Å². The number of nitriles is 1. The zero-order chi connectivity index (χ0) is 17.0. The number of amides is 1. The molecule has 118 valence electrons. The molecule has 0 aliphatic heterocycles. The minimum Gasteiger partial charge on any atom is -0.333 e. The Morgan fingerprint density at radius 3 is 2.43 bits per heavy atom. The molecule has 23 heavy (non-hydrogen) atoms. The van der Waals surface area contributed by atoms with Crippen LogP contribution in [0.2, 0.25) is 0 Å². The van der Waals surface area contributed by atoms with Gasteiger partial charge < -0.3 is 4.90 Å². The molecule has 0 radical (unpaired) electrons. The number of carbonyl (C=O) groups excluding carboxylic acids is 1. The SMILES string of the molecule is Cc1ccccc1[C@@H](C(C)C)N(C)C(=O)c1ccc(C#N)cn1. The molecule has 0 unspecified atom stereocenters. The van der Waals surface area contributed by atoms with Crippen molar-refractivity contribution in [3.05, 3.63) is 65.0 Å². The second-order valence-electron chi connectivity index (χ2n) is 6.01. The van der Waals surface area contributed by atoms with Crippen LogP contribution in [0.5, 0.6) is 0 Å². The molecule has 1 heterocycles. The molecular formula is C19H21N3O. The van der Waals surface area contributed by atoms with Gasteiger partial charge in [-0.15, -0.1) is 0 Å². The van der Waals surface area contributed by atoms with Gasteiger partial charge in [0.25, 0.3) is 5.91 Å². The smallest absolute Gasteiger partial charge is 0.272 e. The molecule has 1 aromatic heterocycles. The first-order chi connectivity index (χ1) is 11.0. The number of rotatable bonds is 4. The molecule has 0 bridgehead atoms. The Bertz CT molecular complexity index is 729. The minimum absolute atomic E-state index is 0.0267. The number of pyridine rings is 1. The summed E-state index contributed by atoms with van der Waals surface area (Å²) in [6.45, 7) is 6.27. The van der Waals surface area contributed by atoms with Crippen molar-refractivity contribution in [1.29, 1.82) is 5.26 Å². The van der Waals surface area contributed by atoms with Gasteiger partial charge in [-0.05, 0) is 36.1 Å². The summed E-state index contributed by atoms with van der Waals surface area (Å²) in [5, 5.41) is 8.83. The van der Waals surface area contributed by atoms with Gasteiger partial charge in [-0.25, -0.2) is 4.98 Å². The van der Waals surface area contributed by atoms with Gasteiger partial charge in [0.15, 0.2) is 0 Å². The van der Waals surface area contributed by atoms with E-state index in [1.807, 2.05) is 18.2 Å². The first kappa shape index (κ1) is 16.7. The second-order valence-corrected chi connectivity index (χ2v) is 6.01. The van der Waals surface area contributed by atoms with Crippen LogP contribution in [0.15, 0.2) is 42.6 Å². The molecule has 4 nitrogen and oxygen atoms in total. The van der Waals surface area contributed by atoms with Crippen LogP contribution in [0.4, 0.5) is 0 Å². The van der Waals surface area contributed by atoms with Crippen LogP contribution in [-0.4, -0.2) is 22.8 Å². The van der Waals surface area contributed by atoms with Crippen molar-refractivity contribution in [1.82, 2.24) is 9.88 Å². The number of carbonyl (C=O) groups is 1. The lowest BCUT2D eigenvalue weighted by molar-refractivity contribution is 0.0680. The van der Waals surface area contributed by atoms with E-state index in [-0.39, 0.29) is 17.9 Å². The standard InChI is InChI=1S/C19H21N3O/c1-13(2)18(16-8-6-5-7-14(16)3)22(4)19(23)17-10-9-15(11-20)12-21-17/h5-10,12-13,18H,1-4H3/t18-/m1/s1. The van der Waals surface area contributed by atoms with Gasteiger partial charge in [0, 0.05) is 13.2 Å². The van der Waals surface area contributed by atoms with Gasteiger partial charge in [-0.3, -0.25) is 4.79 Å². The lowest BCUT2D eigenvalue weighted by Crippen LogP contribution is -2.35. The van der Waals surface area contributed by atoms with Crippen LogP contribution in [-0.2, 0) is 0 Å². The Hall–Kier alpha value is -2.67. The summed E-state index contributed by atoms with van der Waals surface area (Å²) in [7, 11) is 1.80. The van der Waals surface area contributed by atoms with E-state index in [9.17, 15) is 4.79 Å². The molecule has 2 aromatic rings. The summed E-state index contributed by atoms with van der Waals surface area (Å²) in [5.74, 6) is 0.125. The third-order valence-corrected chi connectivity index (χ3v) is 3.99. The number of benzene rings is 1. The van der Waals surface area contributed by atoms with Crippen molar-refractivity contribution in [2.24, 2.45) is 5.92 Å². The van der Waals surface area contributed by atoms with Crippen LogP contribution in [0.25, 0.3) is 0 Å². The van der Waals surface area contributed by atoms with Crippen LogP contribution in [0.1, 0.15) is 47.1 Å². The lowest BCUT2D eigenvalue weighted by atomic mass is 9.91. The Labute approximate surface area is 137 Å². The zero-order valence-electron chi connectivity index (χ0n) is 13.9. The largest absolute Gasteiger partial charge is 0.333 e. The van der Waals surface area contributed by atoms with Gasteiger partial charge in [0.1, 0.15) is 11.8 Å². The van der Waals surface area contributed by atoms with E-state index >= 15 is 0 Å². The number of hydrogen-bond donors (Lipinski definition) is 0. The number of aryl methyl sites for hydroxylation is 1. The normalized spacial score (nSPS) is 11.8. The molecule has 0 aliphatic carbocycles. The van der Waals surface area contributed by atoms with Crippen molar-refractivity contribution >= 4 is 5.91 Å². The van der Waals surface area contributed by atoms with Crippen molar-refractivity contribution < 1.29 is 4.79 Å². The summed E-state index contributed by atoms with van der Waals surface area (Å²) >= 11 is 0. The zero-order valence-corrected chi connectivity index (χ0v) is 13.9. The maximum Gasteiger partial charge on any atom is 0.272 e. The van der Waals surface area contributed by atoms with E-state index in [1.165, 1.54) is 11.8 Å². The molecule has 2 rings (SSSR count). The van der Waals surface area contributed by atoms with Gasteiger partial charge in [0.2, 0.25) is 0 Å². The fraction of sp³-hybridized carbons (Fsp3) is 0.316. The topological polar surface area (TPSA) is 57.0 Å². The second kappa shape index (κ2) is 7.06. The van der Waals surface area contributed by atoms with Gasteiger partial charge in [-0.2, -0.15) is 5.26 Å². The van der Waals surface area contributed by atoms with Crippen LogP contribution in [0, 0.1) is 24.2 Å². The van der Waals surface area contributed by atoms with Gasteiger partial charge >= 0.3 is 0 Å². The maximum atomic E-state index is 12.8. The third-order valence-electron chi connectivity index (χ3n) is 3.99. The lowest BCUT2D eigenvalue weighted by Gasteiger charge is -2.32. The molecule has 0 spiro atoms. The number of aromatic nitrogens is 1. The fourth-order valence-corrected chi connectivity index (χ4v) is 2.83. The van der Waals surface area contributed by atoms with Crippen LogP contribution in [0.3, 0.4) is 0 Å². The van der Waals surface area contributed by atoms with E-state index in [1.54, 1.807) is 24.1 Å². The Morgan fingerprint density at radius 1 is 1.22 bits per heavy atom. The Kier molecular flexibility index (Phi) is 5.13. The average Bonchev–Trinajstić information content (AvgIpc) is 2.56.